The normalized spacial score (nSPS) is 12.1. The zero-order valence-corrected chi connectivity index (χ0v) is 15.2. The number of carboxylic acid groups (broad SMARTS) is 6. The number of rotatable bonds is 9. The van der Waals surface area contributed by atoms with E-state index in [1.54, 1.807) is 0 Å². The summed E-state index contributed by atoms with van der Waals surface area (Å²) in [5.74, 6) is -8.36. The maximum absolute atomic E-state index is 9.74. The van der Waals surface area contributed by atoms with Crippen LogP contribution in [-0.4, -0.2) is 69.3 Å². The summed E-state index contributed by atoms with van der Waals surface area (Å²) in [6, 6.07) is -4.20. The second-order valence-electron chi connectivity index (χ2n) is 4.57. The van der Waals surface area contributed by atoms with E-state index in [4.69, 9.17) is 32.5 Å². The van der Waals surface area contributed by atoms with Gasteiger partial charge in [0, 0.05) is 0 Å². The summed E-state index contributed by atoms with van der Waals surface area (Å²) in [7, 11) is 0. The second kappa shape index (κ2) is 17.6. The molecule has 0 heterocycles. The summed E-state index contributed by atoms with van der Waals surface area (Å²) in [4.78, 5) is 58.4. The van der Waals surface area contributed by atoms with Gasteiger partial charge in [0.25, 0.3) is 0 Å². The van der Waals surface area contributed by atoms with Crippen LogP contribution in [0.2, 0.25) is 0 Å². The van der Waals surface area contributed by atoms with E-state index in [0.717, 1.165) is 0 Å². The van der Waals surface area contributed by atoms with Gasteiger partial charge < -0.3 is 62.2 Å². The number of hydrogen-bond acceptors (Lipinski definition) is 12. The largest absolute Gasteiger partial charge is 2.00 e. The number of carboxylic acids is 6. The smallest absolute Gasteiger partial charge is 0.548 e. The van der Waals surface area contributed by atoms with Crippen molar-refractivity contribution in [3.63, 3.8) is 0 Å². The van der Waals surface area contributed by atoms with Crippen molar-refractivity contribution in [2.45, 2.75) is 37.4 Å². The maximum Gasteiger partial charge on any atom is 2.00 e. The molecule has 0 aliphatic rings. The first kappa shape index (κ1) is 32.9. The van der Waals surface area contributed by atoms with Gasteiger partial charge in [0.1, 0.15) is 0 Å². The van der Waals surface area contributed by atoms with Crippen molar-refractivity contribution >= 4 is 35.8 Å². The molecule has 0 aromatic heterocycles. The van der Waals surface area contributed by atoms with E-state index in [0.29, 0.717) is 0 Å². The van der Waals surface area contributed by atoms with E-state index in [1.165, 1.54) is 0 Å². The van der Waals surface area contributed by atoms with E-state index in [1.807, 2.05) is 0 Å². The van der Waals surface area contributed by atoms with E-state index in [2.05, 4.69) is 0 Å². The molecule has 0 spiro atoms. The van der Waals surface area contributed by atoms with Crippen molar-refractivity contribution in [2.24, 2.45) is 17.2 Å². The Morgan fingerprint density at radius 3 is 0.786 bits per heavy atom. The van der Waals surface area contributed by atoms with Crippen LogP contribution in [0.3, 0.4) is 0 Å². The monoisotopic (exact) mass is 452 g/mol. The zero-order valence-electron chi connectivity index (χ0n) is 15.0. The van der Waals surface area contributed by atoms with Gasteiger partial charge in [0.05, 0.1) is 55.3 Å². The summed E-state index contributed by atoms with van der Waals surface area (Å²) < 4.78 is 0. The Hall–Kier alpha value is -2.78. The number of carbonyl (C=O) groups excluding carboxylic acids is 3. The Kier molecular flexibility index (Phi) is 20.7. The molecule has 0 unspecified atom stereocenters. The Morgan fingerprint density at radius 2 is 0.750 bits per heavy atom. The van der Waals surface area contributed by atoms with Crippen LogP contribution < -0.4 is 32.5 Å². The fourth-order valence-corrected chi connectivity index (χ4v) is 0.814. The molecule has 0 rings (SSSR count). The molecular weight excluding hydrogens is 433 g/mol. The van der Waals surface area contributed by atoms with Gasteiger partial charge in [-0.05, 0) is 0 Å². The summed E-state index contributed by atoms with van der Waals surface area (Å²) >= 11 is 0. The van der Waals surface area contributed by atoms with Crippen LogP contribution in [-0.2, 0) is 45.8 Å². The molecular formula is C12H19MnN3O12. The average Bonchev–Trinajstić information content (AvgIpc) is 2.46. The summed E-state index contributed by atoms with van der Waals surface area (Å²) in [6.45, 7) is 0. The molecule has 0 bridgehead atoms. The van der Waals surface area contributed by atoms with Gasteiger partial charge in [0.2, 0.25) is 0 Å². The van der Waals surface area contributed by atoms with Crippen LogP contribution >= 0.6 is 0 Å². The van der Waals surface area contributed by atoms with Crippen molar-refractivity contribution < 1.29 is 77.9 Å². The van der Waals surface area contributed by atoms with Crippen molar-refractivity contribution in [1.29, 1.82) is 0 Å². The molecule has 0 amide bonds. The van der Waals surface area contributed by atoms with Gasteiger partial charge in [-0.1, -0.05) is 0 Å². The Balaban J connectivity index is -0.0000000960. The van der Waals surface area contributed by atoms with Gasteiger partial charge in [-0.15, -0.1) is 0 Å². The molecule has 0 saturated carbocycles. The SMILES string of the molecule is N[C@@H](CC(=O)O)C(=O)[O-].N[C@@H](CC(=O)O)C(=O)[O-].N[C@@H](CC(=O)O)C(=O)[O-].[H+].[Mn+2]. The Bertz CT molecular complexity index is 486. The molecule has 15 nitrogen and oxygen atoms in total. The molecule has 161 valence electrons. The summed E-state index contributed by atoms with van der Waals surface area (Å²) in [6.07, 6.45) is -1.78. The third kappa shape index (κ3) is 25.5. The fourth-order valence-electron chi connectivity index (χ4n) is 0.814. The quantitative estimate of drug-likeness (QED) is 0.177. The minimum absolute atomic E-state index is 0. The first-order chi connectivity index (χ1) is 12.1. The van der Waals surface area contributed by atoms with Gasteiger partial charge in [0.15, 0.2) is 0 Å². The fraction of sp³-hybridized carbons (Fsp3) is 0.500. The molecule has 0 aliphatic heterocycles. The Morgan fingerprint density at radius 1 is 0.607 bits per heavy atom. The van der Waals surface area contributed by atoms with E-state index in [-0.39, 0.29) is 18.5 Å². The first-order valence-corrected chi connectivity index (χ1v) is 6.66. The predicted octanol–water partition coefficient (Wildman–Crippen LogP) is -7.28. The van der Waals surface area contributed by atoms with E-state index >= 15 is 0 Å². The van der Waals surface area contributed by atoms with Gasteiger partial charge >= 0.3 is 36.4 Å². The molecule has 0 aliphatic carbocycles. The van der Waals surface area contributed by atoms with Gasteiger partial charge in [-0.25, -0.2) is 0 Å². The maximum atomic E-state index is 9.74. The topological polar surface area (TPSA) is 310 Å². The third-order valence-corrected chi connectivity index (χ3v) is 2.09. The first-order valence-electron chi connectivity index (χ1n) is 6.66. The second-order valence-corrected chi connectivity index (χ2v) is 4.57. The van der Waals surface area contributed by atoms with Crippen LogP contribution in [0, 0.1) is 0 Å². The molecule has 0 aromatic rings. The summed E-state index contributed by atoms with van der Waals surface area (Å²) in [5.41, 5.74) is 14.3. The van der Waals surface area contributed by atoms with Crippen LogP contribution in [0.15, 0.2) is 0 Å². The number of aliphatic carboxylic acids is 6. The number of nitrogens with two attached hydrogens (primary N) is 3. The average molecular weight is 452 g/mol. The van der Waals surface area contributed by atoms with Gasteiger partial charge in [-0.2, -0.15) is 0 Å². The van der Waals surface area contributed by atoms with Crippen LogP contribution in [0.25, 0.3) is 0 Å². The number of carbonyl (C=O) groups is 6. The molecule has 0 aromatic carbocycles. The van der Waals surface area contributed by atoms with Crippen molar-refractivity contribution in [1.82, 2.24) is 0 Å². The molecule has 28 heavy (non-hydrogen) atoms. The van der Waals surface area contributed by atoms with Crippen molar-refractivity contribution in [3.05, 3.63) is 0 Å². The van der Waals surface area contributed by atoms with Crippen LogP contribution in [0.5, 0.6) is 0 Å². The Labute approximate surface area is 169 Å². The molecule has 0 saturated heterocycles. The molecule has 9 N–H and O–H groups in total. The molecule has 0 fully saturated rings. The molecule has 16 heteroatoms. The van der Waals surface area contributed by atoms with Crippen LogP contribution in [0.1, 0.15) is 20.7 Å². The van der Waals surface area contributed by atoms with E-state index in [9.17, 15) is 44.1 Å². The standard InChI is InChI=1S/3C4H7NO4.Mn/c3*5-2(4(8)9)1-3(6)7;/h3*2H,1,5H2,(H,6,7)(H,8,9);/q;;;+2/p-2/t3*2-;/m000./s1. The zero-order chi connectivity index (χ0) is 22.3. The van der Waals surface area contributed by atoms with Crippen molar-refractivity contribution in [3.8, 4) is 0 Å². The number of hydrogen-bond donors (Lipinski definition) is 6. The molecule has 3 atom stereocenters. The minimum atomic E-state index is -1.54. The molecule has 1 radical (unpaired) electrons. The van der Waals surface area contributed by atoms with E-state index < -0.39 is 73.2 Å². The third-order valence-electron chi connectivity index (χ3n) is 2.09. The van der Waals surface area contributed by atoms with Crippen LogP contribution in [0.4, 0.5) is 0 Å². The minimum Gasteiger partial charge on any atom is -0.548 e. The van der Waals surface area contributed by atoms with Crippen molar-refractivity contribution in [2.75, 3.05) is 0 Å². The summed E-state index contributed by atoms with van der Waals surface area (Å²) in [5, 5.41) is 53.1. The van der Waals surface area contributed by atoms with Gasteiger partial charge in [-0.3, -0.25) is 14.4 Å². The predicted molar refractivity (Wildman–Crippen MR) is 76.8 cm³/mol.